The fourth-order valence-electron chi connectivity index (χ4n) is 1.51. The second-order valence-electron chi connectivity index (χ2n) is 3.99. The van der Waals surface area contributed by atoms with E-state index >= 15 is 0 Å². The van der Waals surface area contributed by atoms with Crippen molar-refractivity contribution < 1.29 is 23.0 Å². The number of nitrogens with one attached hydrogen (secondary N) is 1. The Balaban J connectivity index is 2.54. The Bertz CT molecular complexity index is 519. The van der Waals surface area contributed by atoms with Crippen LogP contribution in [0.25, 0.3) is 0 Å². The molecule has 0 heterocycles. The molecule has 114 valence electrons. The predicted octanol–water partition coefficient (Wildman–Crippen LogP) is -0.0453. The summed E-state index contributed by atoms with van der Waals surface area (Å²) in [4.78, 5) is 0.0899. The van der Waals surface area contributed by atoms with E-state index in [-0.39, 0.29) is 30.3 Å². The van der Waals surface area contributed by atoms with E-state index in [9.17, 15) is 8.42 Å². The van der Waals surface area contributed by atoms with Crippen molar-refractivity contribution in [2.75, 3.05) is 39.2 Å². The first-order valence-corrected chi connectivity index (χ1v) is 7.61. The van der Waals surface area contributed by atoms with Crippen LogP contribution < -0.4 is 15.2 Å². The van der Waals surface area contributed by atoms with Crippen LogP contribution in [0.2, 0.25) is 0 Å². The van der Waals surface area contributed by atoms with Gasteiger partial charge in [-0.3, -0.25) is 0 Å². The first kappa shape index (κ1) is 16.7. The van der Waals surface area contributed by atoms with E-state index in [0.717, 1.165) is 0 Å². The van der Waals surface area contributed by atoms with E-state index in [1.54, 1.807) is 0 Å². The summed E-state index contributed by atoms with van der Waals surface area (Å²) in [6.45, 7) is 0.839. The molecule has 0 saturated heterocycles. The summed E-state index contributed by atoms with van der Waals surface area (Å²) in [6.07, 6.45) is 0.519. The van der Waals surface area contributed by atoms with Gasteiger partial charge in [0.2, 0.25) is 10.0 Å². The molecule has 20 heavy (non-hydrogen) atoms. The van der Waals surface area contributed by atoms with Crippen LogP contribution in [0.5, 0.6) is 5.75 Å². The van der Waals surface area contributed by atoms with Gasteiger partial charge in [0.05, 0.1) is 30.9 Å². The molecule has 0 aliphatic rings. The smallest absolute Gasteiger partial charge is 0.240 e. The summed E-state index contributed by atoms with van der Waals surface area (Å²) in [5.74, 6) is 0.432. The van der Waals surface area contributed by atoms with Crippen LogP contribution in [-0.4, -0.2) is 47.0 Å². The van der Waals surface area contributed by atoms with Crippen molar-refractivity contribution in [3.8, 4) is 5.75 Å². The Kier molecular flexibility index (Phi) is 6.73. The number of nitrogens with two attached hydrogens (primary N) is 1. The van der Waals surface area contributed by atoms with Crippen molar-refractivity contribution in [1.82, 2.24) is 4.72 Å². The topological polar surface area (TPSA) is 111 Å². The van der Waals surface area contributed by atoms with Crippen LogP contribution in [0.4, 0.5) is 5.69 Å². The summed E-state index contributed by atoms with van der Waals surface area (Å²) in [5, 5.41) is 8.51. The highest BCUT2D eigenvalue weighted by Crippen LogP contribution is 2.24. The summed E-state index contributed by atoms with van der Waals surface area (Å²) in [7, 11) is -2.13. The minimum atomic E-state index is -3.59. The largest absolute Gasteiger partial charge is 0.495 e. The molecular weight excluding hydrogens is 284 g/mol. The van der Waals surface area contributed by atoms with Crippen molar-refractivity contribution in [3.05, 3.63) is 18.2 Å². The van der Waals surface area contributed by atoms with Crippen LogP contribution in [0, 0.1) is 0 Å². The molecule has 1 aromatic rings. The third kappa shape index (κ3) is 4.97. The molecule has 1 aromatic carbocycles. The minimum Gasteiger partial charge on any atom is -0.495 e. The van der Waals surface area contributed by atoms with Crippen LogP contribution in [0.15, 0.2) is 23.1 Å². The van der Waals surface area contributed by atoms with Gasteiger partial charge in [-0.2, -0.15) is 0 Å². The number of rotatable bonds is 9. The van der Waals surface area contributed by atoms with Crippen LogP contribution in [-0.2, 0) is 14.8 Å². The molecule has 0 spiro atoms. The maximum absolute atomic E-state index is 12.0. The number of hydrogen-bond donors (Lipinski definition) is 3. The molecule has 0 atom stereocenters. The van der Waals surface area contributed by atoms with Crippen molar-refractivity contribution in [1.29, 1.82) is 0 Å². The highest BCUT2D eigenvalue weighted by Gasteiger charge is 2.14. The third-order valence-corrected chi connectivity index (χ3v) is 3.96. The van der Waals surface area contributed by atoms with Gasteiger partial charge < -0.3 is 20.3 Å². The summed E-state index contributed by atoms with van der Waals surface area (Å²) >= 11 is 0. The molecule has 0 amide bonds. The lowest BCUT2D eigenvalue weighted by Crippen LogP contribution is -2.25. The molecule has 0 bridgehead atoms. The lowest BCUT2D eigenvalue weighted by Gasteiger charge is -2.09. The average Bonchev–Trinajstić information content (AvgIpc) is 2.42. The number of aliphatic hydroxyl groups is 1. The lowest BCUT2D eigenvalue weighted by molar-refractivity contribution is 0.0913. The monoisotopic (exact) mass is 304 g/mol. The first-order valence-electron chi connectivity index (χ1n) is 6.13. The van der Waals surface area contributed by atoms with Gasteiger partial charge in [0.25, 0.3) is 0 Å². The van der Waals surface area contributed by atoms with Gasteiger partial charge in [0, 0.05) is 13.2 Å². The van der Waals surface area contributed by atoms with Crippen LogP contribution in [0.3, 0.4) is 0 Å². The van der Waals surface area contributed by atoms with Gasteiger partial charge in [0.15, 0.2) is 0 Å². The van der Waals surface area contributed by atoms with Crippen molar-refractivity contribution in [3.63, 3.8) is 0 Å². The molecule has 0 saturated carbocycles. The molecule has 1 rings (SSSR count). The van der Waals surface area contributed by atoms with E-state index in [0.29, 0.717) is 18.8 Å². The number of methoxy groups -OCH3 is 1. The maximum atomic E-state index is 12.0. The number of hydrogen-bond acceptors (Lipinski definition) is 6. The summed E-state index contributed by atoms with van der Waals surface area (Å²) < 4.78 is 36.4. The van der Waals surface area contributed by atoms with Gasteiger partial charge in [-0.15, -0.1) is 0 Å². The average molecular weight is 304 g/mol. The zero-order valence-electron chi connectivity index (χ0n) is 11.3. The van der Waals surface area contributed by atoms with E-state index in [2.05, 4.69) is 4.72 Å². The fraction of sp³-hybridized carbons (Fsp3) is 0.500. The second-order valence-corrected chi connectivity index (χ2v) is 5.76. The first-order chi connectivity index (χ1) is 9.51. The highest BCUT2D eigenvalue weighted by molar-refractivity contribution is 7.89. The molecule has 0 radical (unpaired) electrons. The molecule has 4 N–H and O–H groups in total. The number of sulfonamides is 1. The standard InChI is InChI=1S/C12H20N2O5S/c1-18-12-4-3-10(9-11(12)13)20(16,17)14-5-2-7-19-8-6-15/h3-4,9,14-15H,2,5-8,13H2,1H3. The Morgan fingerprint density at radius 1 is 1.35 bits per heavy atom. The summed E-state index contributed by atoms with van der Waals surface area (Å²) in [6, 6.07) is 4.29. The van der Waals surface area contributed by atoms with E-state index < -0.39 is 10.0 Å². The third-order valence-electron chi connectivity index (χ3n) is 2.50. The van der Waals surface area contributed by atoms with E-state index in [4.69, 9.17) is 20.3 Å². The normalized spacial score (nSPS) is 11.5. The van der Waals surface area contributed by atoms with Gasteiger partial charge in [-0.1, -0.05) is 0 Å². The van der Waals surface area contributed by atoms with Gasteiger partial charge in [0.1, 0.15) is 5.75 Å². The zero-order chi connectivity index (χ0) is 15.0. The summed E-state index contributed by atoms with van der Waals surface area (Å²) in [5.41, 5.74) is 5.94. The predicted molar refractivity (Wildman–Crippen MR) is 75.1 cm³/mol. The maximum Gasteiger partial charge on any atom is 0.240 e. The SMILES string of the molecule is COc1ccc(S(=O)(=O)NCCCOCCO)cc1N. The van der Waals surface area contributed by atoms with Gasteiger partial charge in [-0.05, 0) is 24.6 Å². The van der Waals surface area contributed by atoms with E-state index in [1.807, 2.05) is 0 Å². The van der Waals surface area contributed by atoms with Crippen molar-refractivity contribution in [2.45, 2.75) is 11.3 Å². The Labute approximate surface area is 118 Å². The van der Waals surface area contributed by atoms with Gasteiger partial charge >= 0.3 is 0 Å². The Hall–Kier alpha value is -1.35. The number of aliphatic hydroxyl groups excluding tert-OH is 1. The number of anilines is 1. The molecule has 0 aliphatic carbocycles. The lowest BCUT2D eigenvalue weighted by atomic mass is 10.3. The molecule has 0 unspecified atom stereocenters. The Morgan fingerprint density at radius 2 is 2.10 bits per heavy atom. The van der Waals surface area contributed by atoms with Crippen molar-refractivity contribution in [2.24, 2.45) is 0 Å². The van der Waals surface area contributed by atoms with Crippen molar-refractivity contribution >= 4 is 15.7 Å². The van der Waals surface area contributed by atoms with E-state index in [1.165, 1.54) is 25.3 Å². The molecule has 0 fully saturated rings. The molecule has 0 aliphatic heterocycles. The number of ether oxygens (including phenoxy) is 2. The Morgan fingerprint density at radius 3 is 2.70 bits per heavy atom. The highest BCUT2D eigenvalue weighted by atomic mass is 32.2. The molecule has 7 nitrogen and oxygen atoms in total. The minimum absolute atomic E-state index is 0.0448. The quantitative estimate of drug-likeness (QED) is 0.436. The van der Waals surface area contributed by atoms with Crippen LogP contribution in [0.1, 0.15) is 6.42 Å². The second kappa shape index (κ2) is 8.05. The molecule has 8 heteroatoms. The van der Waals surface area contributed by atoms with Gasteiger partial charge in [-0.25, -0.2) is 13.1 Å². The van der Waals surface area contributed by atoms with Crippen LogP contribution >= 0.6 is 0 Å². The number of benzene rings is 1. The molecular formula is C12H20N2O5S. The fourth-order valence-corrected chi connectivity index (χ4v) is 2.62. The zero-order valence-corrected chi connectivity index (χ0v) is 12.1. The molecule has 0 aromatic heterocycles. The number of nitrogen functional groups attached to an aromatic ring is 1.